The molecule has 35 heavy (non-hydrogen) atoms. The minimum atomic E-state index is 0.460. The normalized spacial score (nSPS) is 22.5. The zero-order chi connectivity index (χ0) is 25.1. The van der Waals surface area contributed by atoms with Crippen molar-refractivity contribution >= 4 is 11.6 Å². The van der Waals surface area contributed by atoms with Crippen molar-refractivity contribution in [1.29, 1.82) is 0 Å². The number of hydrogen-bond acceptors (Lipinski definition) is 2. The molecule has 2 nitrogen and oxygen atoms in total. The molecule has 0 aliphatic heterocycles. The van der Waals surface area contributed by atoms with Gasteiger partial charge in [-0.3, -0.25) is 9.59 Å². The Kier molecular flexibility index (Phi) is 23.6. The Morgan fingerprint density at radius 3 is 0.886 bits per heavy atom. The van der Waals surface area contributed by atoms with E-state index < -0.39 is 0 Å². The minimum Gasteiger partial charge on any atom is -0.300 e. The third kappa shape index (κ3) is 24.3. The van der Waals surface area contributed by atoms with Crippen LogP contribution in [0.1, 0.15) is 173 Å². The Morgan fingerprint density at radius 1 is 0.286 bits per heavy atom. The van der Waals surface area contributed by atoms with E-state index in [1.165, 1.54) is 122 Å². The van der Waals surface area contributed by atoms with E-state index in [0.29, 0.717) is 11.6 Å². The maximum atomic E-state index is 11.6. The van der Waals surface area contributed by atoms with Gasteiger partial charge in [0, 0.05) is 25.7 Å². The molecule has 0 radical (unpaired) electrons. The van der Waals surface area contributed by atoms with E-state index in [-0.39, 0.29) is 0 Å². The van der Waals surface area contributed by atoms with Crippen molar-refractivity contribution in [2.24, 2.45) is 0 Å². The van der Waals surface area contributed by atoms with Gasteiger partial charge in [0.2, 0.25) is 0 Å². The van der Waals surface area contributed by atoms with E-state index in [9.17, 15) is 9.59 Å². The molecule has 0 aromatic heterocycles. The molecule has 2 aliphatic rings. The molecule has 0 aromatic carbocycles. The van der Waals surface area contributed by atoms with Gasteiger partial charge in [0.25, 0.3) is 0 Å². The third-order valence-electron chi connectivity index (χ3n) is 7.42. The molecule has 2 aliphatic carbocycles. The fourth-order valence-corrected chi connectivity index (χ4v) is 5.03. The largest absolute Gasteiger partial charge is 0.300 e. The first-order valence-electron chi connectivity index (χ1n) is 15.6. The predicted octanol–water partition coefficient (Wildman–Crippen LogP) is 10.8. The lowest BCUT2D eigenvalue weighted by Crippen LogP contribution is -1.96. The van der Waals surface area contributed by atoms with Gasteiger partial charge in [-0.25, -0.2) is 0 Å². The van der Waals surface area contributed by atoms with Crippen molar-refractivity contribution in [2.45, 2.75) is 173 Å². The van der Waals surface area contributed by atoms with Gasteiger partial charge in [-0.15, -0.1) is 0 Å². The summed E-state index contributed by atoms with van der Waals surface area (Å²) in [5, 5.41) is 0. The van der Waals surface area contributed by atoms with E-state index in [0.717, 1.165) is 51.4 Å². The van der Waals surface area contributed by atoms with Gasteiger partial charge in [-0.1, -0.05) is 121 Å². The monoisotopic (exact) mass is 486 g/mol. The van der Waals surface area contributed by atoms with Gasteiger partial charge in [-0.2, -0.15) is 0 Å². The highest BCUT2D eigenvalue weighted by Gasteiger charge is 2.02. The summed E-state index contributed by atoms with van der Waals surface area (Å²) < 4.78 is 0. The van der Waals surface area contributed by atoms with Crippen LogP contribution in [0.2, 0.25) is 0 Å². The Labute approximate surface area is 218 Å². The third-order valence-corrected chi connectivity index (χ3v) is 7.42. The molecule has 0 heterocycles. The molecule has 2 heteroatoms. The van der Waals surface area contributed by atoms with E-state index in [2.05, 4.69) is 24.3 Å². The van der Waals surface area contributed by atoms with Crippen molar-refractivity contribution in [2.75, 3.05) is 0 Å². The highest BCUT2D eigenvalue weighted by atomic mass is 16.1. The highest BCUT2D eigenvalue weighted by Crippen LogP contribution is 2.14. The summed E-state index contributed by atoms with van der Waals surface area (Å²) in [4.78, 5) is 23.1. The van der Waals surface area contributed by atoms with E-state index in [1.807, 2.05) is 0 Å². The quantitative estimate of drug-likeness (QED) is 0.319. The Hall–Kier alpha value is -1.18. The van der Waals surface area contributed by atoms with Crippen molar-refractivity contribution in [3.05, 3.63) is 24.3 Å². The first-order chi connectivity index (χ1) is 17.3. The van der Waals surface area contributed by atoms with Gasteiger partial charge in [0.1, 0.15) is 11.6 Å². The lowest BCUT2D eigenvalue weighted by Gasteiger charge is -2.03. The zero-order valence-corrected chi connectivity index (χ0v) is 23.2. The lowest BCUT2D eigenvalue weighted by atomic mass is 10.0. The Morgan fingerprint density at radius 2 is 0.543 bits per heavy atom. The number of carbonyl (C=O) groups is 2. The summed E-state index contributed by atoms with van der Waals surface area (Å²) in [6, 6.07) is 0. The van der Waals surface area contributed by atoms with Crippen LogP contribution in [0.5, 0.6) is 0 Å². The SMILES string of the molecule is O=C1CCC=CCCCCCCCCCCC1.O=C1CCC=CCCCCCCCCCCCC1. The fraction of sp³-hybridized carbons (Fsp3) is 0.818. The molecule has 202 valence electrons. The average molecular weight is 487 g/mol. The number of Topliss-reactive ketones (excluding diaryl/α,β-unsaturated/α-hetero) is 2. The van der Waals surface area contributed by atoms with Crippen LogP contribution in [0, 0.1) is 0 Å². The van der Waals surface area contributed by atoms with Crippen LogP contribution >= 0.6 is 0 Å². The number of hydrogen-bond donors (Lipinski definition) is 0. The summed E-state index contributed by atoms with van der Waals surface area (Å²) in [5.74, 6) is 0.922. The summed E-state index contributed by atoms with van der Waals surface area (Å²) >= 11 is 0. The van der Waals surface area contributed by atoms with Gasteiger partial charge in [0.05, 0.1) is 0 Å². The maximum Gasteiger partial charge on any atom is 0.133 e. The van der Waals surface area contributed by atoms with Gasteiger partial charge >= 0.3 is 0 Å². The van der Waals surface area contributed by atoms with Crippen molar-refractivity contribution in [3.8, 4) is 0 Å². The molecule has 0 unspecified atom stereocenters. The smallest absolute Gasteiger partial charge is 0.133 e. The summed E-state index contributed by atoms with van der Waals surface area (Å²) in [6.45, 7) is 0. The summed E-state index contributed by atoms with van der Waals surface area (Å²) in [7, 11) is 0. The first kappa shape index (κ1) is 31.8. The number of carbonyl (C=O) groups excluding carboxylic acids is 2. The van der Waals surface area contributed by atoms with Crippen LogP contribution in [0.25, 0.3) is 0 Å². The lowest BCUT2D eigenvalue weighted by molar-refractivity contribution is -0.119. The maximum absolute atomic E-state index is 11.6. The van der Waals surface area contributed by atoms with Crippen LogP contribution in [-0.2, 0) is 9.59 Å². The molecule has 0 N–H and O–H groups in total. The van der Waals surface area contributed by atoms with E-state index in [4.69, 9.17) is 0 Å². The summed E-state index contributed by atoms with van der Waals surface area (Å²) in [5.41, 5.74) is 0. The Bertz CT molecular complexity index is 545. The molecule has 0 bridgehead atoms. The topological polar surface area (TPSA) is 34.1 Å². The first-order valence-corrected chi connectivity index (χ1v) is 15.6. The Balaban J connectivity index is 0.000000351. The van der Waals surface area contributed by atoms with Crippen LogP contribution in [0.15, 0.2) is 24.3 Å². The summed E-state index contributed by atoms with van der Waals surface area (Å²) in [6.07, 6.45) is 41.8. The van der Waals surface area contributed by atoms with Crippen LogP contribution in [0.3, 0.4) is 0 Å². The molecule has 0 fully saturated rings. The second-order valence-corrected chi connectivity index (χ2v) is 10.9. The number of allylic oxidation sites excluding steroid dienone is 4. The van der Waals surface area contributed by atoms with Crippen molar-refractivity contribution in [3.63, 3.8) is 0 Å². The second-order valence-electron chi connectivity index (χ2n) is 10.9. The molecular weight excluding hydrogens is 428 g/mol. The molecule has 0 saturated heterocycles. The molecular formula is C33H58O2. The predicted molar refractivity (Wildman–Crippen MR) is 153 cm³/mol. The zero-order valence-electron chi connectivity index (χ0n) is 23.2. The second kappa shape index (κ2) is 25.9. The van der Waals surface area contributed by atoms with Crippen molar-refractivity contribution in [1.82, 2.24) is 0 Å². The van der Waals surface area contributed by atoms with Gasteiger partial charge in [-0.05, 0) is 51.4 Å². The molecule has 0 spiro atoms. The van der Waals surface area contributed by atoms with Crippen LogP contribution < -0.4 is 0 Å². The van der Waals surface area contributed by atoms with Crippen LogP contribution in [-0.4, -0.2) is 11.6 Å². The van der Waals surface area contributed by atoms with E-state index >= 15 is 0 Å². The van der Waals surface area contributed by atoms with Crippen LogP contribution in [0.4, 0.5) is 0 Å². The van der Waals surface area contributed by atoms with Gasteiger partial charge in [0.15, 0.2) is 0 Å². The van der Waals surface area contributed by atoms with Gasteiger partial charge < -0.3 is 0 Å². The molecule has 0 saturated carbocycles. The molecule has 0 amide bonds. The minimum absolute atomic E-state index is 0.460. The van der Waals surface area contributed by atoms with Crippen molar-refractivity contribution < 1.29 is 9.59 Å². The molecule has 0 atom stereocenters. The number of rotatable bonds is 0. The molecule has 0 aromatic rings. The average Bonchev–Trinajstić information content (AvgIpc) is 2.85. The number of ketones is 2. The van der Waals surface area contributed by atoms with E-state index in [1.54, 1.807) is 0 Å². The molecule has 2 rings (SSSR count). The standard InChI is InChI=1S/C17H30O.C16H28O/c18-17-15-13-11-9-7-5-3-1-2-4-6-8-10-12-14-16-17;17-16-14-12-10-8-6-4-2-1-3-5-7-9-11-13-15-16/h9,11H,1-8,10,12-16H2;8,10H,1-7,9,11-15H2. The highest BCUT2D eigenvalue weighted by molar-refractivity contribution is 5.78. The fourth-order valence-electron chi connectivity index (χ4n) is 5.03.